The van der Waals surface area contributed by atoms with Gasteiger partial charge in [0.2, 0.25) is 0 Å². The predicted octanol–water partition coefficient (Wildman–Crippen LogP) is 3.06. The topological polar surface area (TPSA) is 64.3 Å². The molecule has 1 heterocycles. The van der Waals surface area contributed by atoms with E-state index in [0.29, 0.717) is 12.5 Å². The number of ether oxygens (including phenoxy) is 1. The molecular weight excluding hydrogens is 326 g/mol. The number of rotatable bonds is 8. The zero-order valence-corrected chi connectivity index (χ0v) is 15.6. The van der Waals surface area contributed by atoms with Crippen LogP contribution in [0.5, 0.6) is 5.75 Å². The smallest absolute Gasteiger partial charge is 0.356 e. The van der Waals surface area contributed by atoms with Gasteiger partial charge in [0.05, 0.1) is 6.54 Å². The first-order valence-electron chi connectivity index (χ1n) is 9.24. The summed E-state index contributed by atoms with van der Waals surface area (Å²) in [6, 6.07) is 16.0. The highest BCUT2D eigenvalue weighted by Crippen LogP contribution is 2.17. The third kappa shape index (κ3) is 3.99. The summed E-state index contributed by atoms with van der Waals surface area (Å²) in [6.07, 6.45) is 1.54. The molecule has 0 aliphatic carbocycles. The van der Waals surface area contributed by atoms with Crippen molar-refractivity contribution in [1.82, 2.24) is 4.57 Å². The summed E-state index contributed by atoms with van der Waals surface area (Å²) in [4.78, 5) is 0. The van der Waals surface area contributed by atoms with Crippen LogP contribution in [-0.4, -0.2) is 22.4 Å². The van der Waals surface area contributed by atoms with Crippen molar-refractivity contribution in [2.45, 2.75) is 45.9 Å². The monoisotopic (exact) mass is 354 g/mol. The highest BCUT2D eigenvalue weighted by molar-refractivity contribution is 5.73. The molecule has 26 heavy (non-hydrogen) atoms. The standard InChI is InChI=1S/C21H27N3O2/c1-3-4-13-23-19-7-5-6-8-20(19)24(21(23)22)14-17(25)15-26-18-11-9-16(2)10-12-18/h5-12,17,22,25H,3-4,13-15H2,1-2H3/p+1. The number of para-hydroxylation sites is 2. The van der Waals surface area contributed by atoms with Crippen molar-refractivity contribution in [2.75, 3.05) is 12.3 Å². The van der Waals surface area contributed by atoms with Gasteiger partial charge in [-0.05, 0) is 37.6 Å². The molecule has 138 valence electrons. The van der Waals surface area contributed by atoms with Crippen LogP contribution in [0, 0.1) is 6.92 Å². The van der Waals surface area contributed by atoms with Crippen LogP contribution < -0.4 is 15.0 Å². The Hall–Kier alpha value is -2.53. The van der Waals surface area contributed by atoms with Crippen molar-refractivity contribution < 1.29 is 14.4 Å². The van der Waals surface area contributed by atoms with E-state index >= 15 is 0 Å². The zero-order valence-electron chi connectivity index (χ0n) is 15.6. The lowest BCUT2D eigenvalue weighted by Crippen LogP contribution is -2.43. The Kier molecular flexibility index (Phi) is 5.78. The number of fused-ring (bicyclic) bond motifs is 1. The average Bonchev–Trinajstić information content (AvgIpc) is 2.91. The lowest BCUT2D eigenvalue weighted by atomic mass is 10.2. The van der Waals surface area contributed by atoms with E-state index in [1.165, 1.54) is 5.56 Å². The Morgan fingerprint density at radius 2 is 1.88 bits per heavy atom. The van der Waals surface area contributed by atoms with Crippen molar-refractivity contribution in [2.24, 2.45) is 0 Å². The number of aliphatic hydroxyl groups is 1. The van der Waals surface area contributed by atoms with Gasteiger partial charge >= 0.3 is 5.95 Å². The summed E-state index contributed by atoms with van der Waals surface area (Å²) in [5.74, 6) is 1.44. The third-order valence-electron chi connectivity index (χ3n) is 4.61. The maximum atomic E-state index is 10.5. The number of aliphatic hydroxyl groups excluding tert-OH is 1. The van der Waals surface area contributed by atoms with E-state index < -0.39 is 6.10 Å². The van der Waals surface area contributed by atoms with Gasteiger partial charge in [-0.1, -0.05) is 43.2 Å². The Labute approximate surface area is 154 Å². The molecule has 3 rings (SSSR count). The molecule has 2 aromatic carbocycles. The van der Waals surface area contributed by atoms with Gasteiger partial charge < -0.3 is 9.84 Å². The number of nitrogens with two attached hydrogens (primary N) is 1. The van der Waals surface area contributed by atoms with E-state index in [1.807, 2.05) is 54.0 Å². The van der Waals surface area contributed by atoms with Crippen molar-refractivity contribution in [3.8, 4) is 5.75 Å². The summed E-state index contributed by atoms with van der Waals surface area (Å²) >= 11 is 0. The van der Waals surface area contributed by atoms with Gasteiger partial charge in [0.15, 0.2) is 0 Å². The van der Waals surface area contributed by atoms with Crippen molar-refractivity contribution in [3.63, 3.8) is 0 Å². The number of hydrogen-bond donors (Lipinski definition) is 2. The van der Waals surface area contributed by atoms with Crippen LogP contribution >= 0.6 is 0 Å². The number of aromatic nitrogens is 2. The van der Waals surface area contributed by atoms with Crippen molar-refractivity contribution in [3.05, 3.63) is 54.1 Å². The first kappa shape index (κ1) is 18.3. The molecule has 0 fully saturated rings. The van der Waals surface area contributed by atoms with Crippen LogP contribution in [0.15, 0.2) is 48.5 Å². The van der Waals surface area contributed by atoms with Gasteiger partial charge in [0.1, 0.15) is 36.0 Å². The lowest BCUT2D eigenvalue weighted by molar-refractivity contribution is -0.665. The van der Waals surface area contributed by atoms with Crippen LogP contribution in [0.2, 0.25) is 0 Å². The molecule has 3 aromatic rings. The fourth-order valence-electron chi connectivity index (χ4n) is 3.15. The molecule has 0 aliphatic rings. The van der Waals surface area contributed by atoms with Crippen LogP contribution in [0.1, 0.15) is 25.3 Å². The van der Waals surface area contributed by atoms with Crippen LogP contribution in [0.3, 0.4) is 0 Å². The number of aryl methyl sites for hydroxylation is 2. The second kappa shape index (κ2) is 8.23. The van der Waals surface area contributed by atoms with Crippen LogP contribution in [-0.2, 0) is 13.1 Å². The zero-order chi connectivity index (χ0) is 18.5. The average molecular weight is 354 g/mol. The number of anilines is 1. The molecule has 5 heteroatoms. The Bertz CT molecular complexity index is 856. The lowest BCUT2D eigenvalue weighted by Gasteiger charge is -2.12. The third-order valence-corrected chi connectivity index (χ3v) is 4.61. The summed E-state index contributed by atoms with van der Waals surface area (Å²) in [7, 11) is 0. The van der Waals surface area contributed by atoms with E-state index in [0.717, 1.165) is 36.2 Å². The largest absolute Gasteiger partial charge is 0.491 e. The molecule has 1 unspecified atom stereocenters. The number of benzene rings is 2. The molecule has 0 spiro atoms. The molecule has 0 bridgehead atoms. The van der Waals surface area contributed by atoms with Gasteiger partial charge in [-0.15, -0.1) is 0 Å². The highest BCUT2D eigenvalue weighted by Gasteiger charge is 2.22. The van der Waals surface area contributed by atoms with E-state index in [9.17, 15) is 5.11 Å². The maximum Gasteiger partial charge on any atom is 0.356 e. The van der Waals surface area contributed by atoms with Crippen LogP contribution in [0.25, 0.3) is 11.0 Å². The number of hydrogen-bond acceptors (Lipinski definition) is 3. The summed E-state index contributed by atoms with van der Waals surface area (Å²) in [5, 5.41) is 10.5. The fourth-order valence-corrected chi connectivity index (χ4v) is 3.15. The Morgan fingerprint density at radius 3 is 2.62 bits per heavy atom. The fraction of sp³-hybridized carbons (Fsp3) is 0.381. The molecule has 0 amide bonds. The molecule has 0 radical (unpaired) electrons. The molecule has 5 nitrogen and oxygen atoms in total. The molecule has 3 N–H and O–H groups in total. The van der Waals surface area contributed by atoms with Gasteiger partial charge in [0.25, 0.3) is 0 Å². The van der Waals surface area contributed by atoms with Gasteiger partial charge in [-0.3, -0.25) is 5.73 Å². The second-order valence-electron chi connectivity index (χ2n) is 6.74. The number of imidazole rings is 1. The SMILES string of the molecule is CCCCn1c(N)[n+](CC(O)COc2ccc(C)cc2)c2ccccc21. The number of unbranched alkanes of at least 4 members (excludes halogenated alkanes) is 1. The van der Waals surface area contributed by atoms with Crippen molar-refractivity contribution in [1.29, 1.82) is 0 Å². The van der Waals surface area contributed by atoms with Gasteiger partial charge in [0, 0.05) is 0 Å². The molecular formula is C21H28N3O2+. The quantitative estimate of drug-likeness (QED) is 0.611. The van der Waals surface area contributed by atoms with Crippen LogP contribution in [0.4, 0.5) is 5.95 Å². The van der Waals surface area contributed by atoms with E-state index in [2.05, 4.69) is 17.6 Å². The minimum absolute atomic E-state index is 0.226. The molecule has 0 saturated heterocycles. The predicted molar refractivity (Wildman–Crippen MR) is 104 cm³/mol. The summed E-state index contributed by atoms with van der Waals surface area (Å²) in [6.45, 7) is 5.71. The first-order valence-corrected chi connectivity index (χ1v) is 9.24. The van der Waals surface area contributed by atoms with Gasteiger partial charge in [-0.25, -0.2) is 9.13 Å². The molecule has 0 aliphatic heterocycles. The number of nitrogens with zero attached hydrogens (tertiary/aromatic N) is 2. The molecule has 1 atom stereocenters. The van der Waals surface area contributed by atoms with E-state index in [-0.39, 0.29) is 6.61 Å². The number of nitrogen functional groups attached to an aromatic ring is 1. The van der Waals surface area contributed by atoms with Gasteiger partial charge in [-0.2, -0.15) is 0 Å². The Balaban J connectivity index is 1.75. The highest BCUT2D eigenvalue weighted by atomic mass is 16.5. The van der Waals surface area contributed by atoms with E-state index in [4.69, 9.17) is 10.5 Å². The molecule has 1 aromatic heterocycles. The van der Waals surface area contributed by atoms with E-state index in [1.54, 1.807) is 0 Å². The molecule has 0 saturated carbocycles. The normalized spacial score (nSPS) is 12.4. The second-order valence-corrected chi connectivity index (χ2v) is 6.74. The van der Waals surface area contributed by atoms with Crippen molar-refractivity contribution >= 4 is 17.0 Å². The Morgan fingerprint density at radius 1 is 1.15 bits per heavy atom. The maximum absolute atomic E-state index is 10.5. The first-order chi connectivity index (χ1) is 12.6. The summed E-state index contributed by atoms with van der Waals surface area (Å²) < 4.78 is 9.82. The summed E-state index contributed by atoms with van der Waals surface area (Å²) in [5.41, 5.74) is 9.72. The minimum Gasteiger partial charge on any atom is -0.491 e. The minimum atomic E-state index is -0.644.